The second-order valence-corrected chi connectivity index (χ2v) is 5.22. The van der Waals surface area contributed by atoms with Crippen LogP contribution >= 0.6 is 0 Å². The summed E-state index contributed by atoms with van der Waals surface area (Å²) in [5.74, 6) is 0.949. The average Bonchev–Trinajstić information content (AvgIpc) is 2.79. The molecule has 0 saturated heterocycles. The van der Waals surface area contributed by atoms with E-state index >= 15 is 0 Å². The van der Waals surface area contributed by atoms with Crippen LogP contribution in [-0.2, 0) is 4.74 Å². The van der Waals surface area contributed by atoms with Crippen molar-refractivity contribution in [2.75, 3.05) is 13.7 Å². The Balaban J connectivity index is 1.71. The van der Waals surface area contributed by atoms with Crippen LogP contribution < -0.4 is 5.32 Å². The highest BCUT2D eigenvalue weighted by Crippen LogP contribution is 2.25. The predicted octanol–water partition coefficient (Wildman–Crippen LogP) is 2.72. The number of hydrogen-bond acceptors (Lipinski definition) is 2. The van der Waals surface area contributed by atoms with Gasteiger partial charge in [-0.2, -0.15) is 0 Å². The second kappa shape index (κ2) is 5.86. The number of ether oxygens (including phenoxy) is 1. The van der Waals surface area contributed by atoms with Gasteiger partial charge in [0.1, 0.15) is 0 Å². The second-order valence-electron chi connectivity index (χ2n) is 5.22. The molecule has 2 saturated carbocycles. The molecule has 2 aliphatic carbocycles. The Bertz CT molecular complexity index is 177. The Labute approximate surface area is 93.8 Å². The predicted molar refractivity (Wildman–Crippen MR) is 63.0 cm³/mol. The maximum absolute atomic E-state index is 5.56. The number of rotatable bonds is 4. The Kier molecular flexibility index (Phi) is 4.45. The molecule has 0 heterocycles. The maximum Gasteiger partial charge on any atom is 0.0724 e. The minimum absolute atomic E-state index is 0.472. The number of hydrogen-bond donors (Lipinski definition) is 1. The highest BCUT2D eigenvalue weighted by atomic mass is 16.5. The zero-order chi connectivity index (χ0) is 10.5. The fraction of sp³-hybridized carbons (Fsp3) is 1.00. The van der Waals surface area contributed by atoms with Crippen molar-refractivity contribution in [3.8, 4) is 0 Å². The van der Waals surface area contributed by atoms with E-state index in [4.69, 9.17) is 4.74 Å². The van der Waals surface area contributed by atoms with E-state index in [0.717, 1.165) is 5.92 Å². The first kappa shape index (κ1) is 11.4. The monoisotopic (exact) mass is 211 g/mol. The molecule has 2 nitrogen and oxygen atoms in total. The zero-order valence-corrected chi connectivity index (χ0v) is 10.0. The zero-order valence-electron chi connectivity index (χ0n) is 10.0. The lowest BCUT2D eigenvalue weighted by Crippen LogP contribution is -2.44. The summed E-state index contributed by atoms with van der Waals surface area (Å²) in [5.41, 5.74) is 0. The molecule has 0 radical (unpaired) electrons. The SMILES string of the molecule is COC1CCCCC1NCC1CCCC1. The summed E-state index contributed by atoms with van der Waals surface area (Å²) in [5, 5.41) is 3.74. The normalized spacial score (nSPS) is 33.4. The summed E-state index contributed by atoms with van der Waals surface area (Å²) in [6, 6.07) is 0.629. The van der Waals surface area contributed by atoms with Gasteiger partial charge in [-0.3, -0.25) is 0 Å². The maximum atomic E-state index is 5.56. The van der Waals surface area contributed by atoms with Gasteiger partial charge in [0.05, 0.1) is 6.10 Å². The van der Waals surface area contributed by atoms with Crippen LogP contribution in [0.2, 0.25) is 0 Å². The van der Waals surface area contributed by atoms with Crippen molar-refractivity contribution in [2.24, 2.45) is 5.92 Å². The largest absolute Gasteiger partial charge is 0.380 e. The first-order valence-corrected chi connectivity index (χ1v) is 6.66. The molecule has 2 heteroatoms. The topological polar surface area (TPSA) is 21.3 Å². The lowest BCUT2D eigenvalue weighted by Gasteiger charge is -2.32. The van der Waals surface area contributed by atoms with Crippen LogP contribution in [0.1, 0.15) is 51.4 Å². The fourth-order valence-corrected chi connectivity index (χ4v) is 3.15. The van der Waals surface area contributed by atoms with E-state index in [9.17, 15) is 0 Å². The van der Waals surface area contributed by atoms with E-state index < -0.39 is 0 Å². The molecule has 2 aliphatic rings. The molecule has 2 atom stereocenters. The summed E-state index contributed by atoms with van der Waals surface area (Å²) in [4.78, 5) is 0. The Morgan fingerprint density at radius 2 is 1.67 bits per heavy atom. The molecule has 15 heavy (non-hydrogen) atoms. The van der Waals surface area contributed by atoms with Gasteiger partial charge < -0.3 is 10.1 Å². The smallest absolute Gasteiger partial charge is 0.0724 e. The fourth-order valence-electron chi connectivity index (χ4n) is 3.15. The van der Waals surface area contributed by atoms with Gasteiger partial charge in [0.25, 0.3) is 0 Å². The molecule has 0 aromatic carbocycles. The molecule has 0 aromatic heterocycles. The molecule has 1 N–H and O–H groups in total. The van der Waals surface area contributed by atoms with Gasteiger partial charge in [-0.05, 0) is 38.1 Å². The average molecular weight is 211 g/mol. The number of methoxy groups -OCH3 is 1. The van der Waals surface area contributed by atoms with E-state index in [0.29, 0.717) is 12.1 Å². The van der Waals surface area contributed by atoms with E-state index in [1.165, 1.54) is 57.9 Å². The van der Waals surface area contributed by atoms with Crippen LogP contribution in [0.25, 0.3) is 0 Å². The van der Waals surface area contributed by atoms with Crippen molar-refractivity contribution >= 4 is 0 Å². The Hall–Kier alpha value is -0.0800. The highest BCUT2D eigenvalue weighted by Gasteiger charge is 2.25. The molecular formula is C13H25NO. The summed E-state index contributed by atoms with van der Waals surface area (Å²) >= 11 is 0. The minimum Gasteiger partial charge on any atom is -0.380 e. The van der Waals surface area contributed by atoms with Crippen molar-refractivity contribution < 1.29 is 4.74 Å². The van der Waals surface area contributed by atoms with E-state index in [2.05, 4.69) is 5.32 Å². The summed E-state index contributed by atoms with van der Waals surface area (Å²) in [7, 11) is 1.86. The van der Waals surface area contributed by atoms with E-state index in [1.54, 1.807) is 0 Å². The third-order valence-electron chi connectivity index (χ3n) is 4.15. The van der Waals surface area contributed by atoms with Crippen LogP contribution in [0.3, 0.4) is 0 Å². The molecule has 2 rings (SSSR count). The first-order chi connectivity index (χ1) is 7.40. The Morgan fingerprint density at radius 1 is 1.00 bits per heavy atom. The van der Waals surface area contributed by atoms with Gasteiger partial charge in [0, 0.05) is 13.2 Å². The molecule has 0 amide bonds. The summed E-state index contributed by atoms with van der Waals surface area (Å²) in [6.45, 7) is 1.23. The van der Waals surface area contributed by atoms with Gasteiger partial charge in [0.15, 0.2) is 0 Å². The van der Waals surface area contributed by atoms with Gasteiger partial charge >= 0.3 is 0 Å². The quantitative estimate of drug-likeness (QED) is 0.772. The number of nitrogens with one attached hydrogen (secondary N) is 1. The van der Waals surface area contributed by atoms with Crippen LogP contribution in [-0.4, -0.2) is 25.8 Å². The molecule has 0 bridgehead atoms. The molecule has 88 valence electrons. The molecule has 2 unspecified atom stereocenters. The summed E-state index contributed by atoms with van der Waals surface area (Å²) in [6.07, 6.45) is 11.5. The molecular weight excluding hydrogens is 186 g/mol. The lowest BCUT2D eigenvalue weighted by atomic mass is 9.92. The van der Waals surface area contributed by atoms with Crippen molar-refractivity contribution in [1.29, 1.82) is 0 Å². The molecule has 0 spiro atoms. The third kappa shape index (κ3) is 3.18. The molecule has 0 aliphatic heterocycles. The lowest BCUT2D eigenvalue weighted by molar-refractivity contribution is 0.0406. The van der Waals surface area contributed by atoms with Crippen LogP contribution in [0.4, 0.5) is 0 Å². The third-order valence-corrected chi connectivity index (χ3v) is 4.15. The van der Waals surface area contributed by atoms with E-state index in [1.807, 2.05) is 7.11 Å². The van der Waals surface area contributed by atoms with Gasteiger partial charge in [-0.25, -0.2) is 0 Å². The molecule has 0 aromatic rings. The standard InChI is InChI=1S/C13H25NO/c1-15-13-9-5-4-8-12(13)14-10-11-6-2-3-7-11/h11-14H,2-10H2,1H3. The van der Waals surface area contributed by atoms with Crippen molar-refractivity contribution in [3.05, 3.63) is 0 Å². The van der Waals surface area contributed by atoms with Gasteiger partial charge in [-0.1, -0.05) is 25.7 Å². The van der Waals surface area contributed by atoms with E-state index in [-0.39, 0.29) is 0 Å². The Morgan fingerprint density at radius 3 is 2.40 bits per heavy atom. The van der Waals surface area contributed by atoms with Crippen LogP contribution in [0.5, 0.6) is 0 Å². The van der Waals surface area contributed by atoms with Gasteiger partial charge in [0.2, 0.25) is 0 Å². The first-order valence-electron chi connectivity index (χ1n) is 6.66. The van der Waals surface area contributed by atoms with Crippen LogP contribution in [0, 0.1) is 5.92 Å². The van der Waals surface area contributed by atoms with Crippen LogP contribution in [0.15, 0.2) is 0 Å². The van der Waals surface area contributed by atoms with Crippen molar-refractivity contribution in [1.82, 2.24) is 5.32 Å². The highest BCUT2D eigenvalue weighted by molar-refractivity contribution is 4.83. The molecule has 2 fully saturated rings. The van der Waals surface area contributed by atoms with Crippen molar-refractivity contribution in [3.63, 3.8) is 0 Å². The summed E-state index contributed by atoms with van der Waals surface area (Å²) < 4.78 is 5.56. The van der Waals surface area contributed by atoms with Crippen molar-refractivity contribution in [2.45, 2.75) is 63.5 Å². The van der Waals surface area contributed by atoms with Gasteiger partial charge in [-0.15, -0.1) is 0 Å². The minimum atomic E-state index is 0.472.